The SMILES string of the molecule is NC/C=C/c1cc(Br)c(O)c(C(F)(F)F)c1. The van der Waals surface area contributed by atoms with Crippen LogP contribution in [0.5, 0.6) is 5.75 Å². The maximum Gasteiger partial charge on any atom is 0.420 e. The van der Waals surface area contributed by atoms with E-state index in [1.165, 1.54) is 18.2 Å². The molecule has 0 aliphatic rings. The molecule has 0 unspecified atom stereocenters. The van der Waals surface area contributed by atoms with Crippen molar-refractivity contribution in [3.8, 4) is 5.75 Å². The fraction of sp³-hybridized carbons (Fsp3) is 0.200. The minimum atomic E-state index is -4.58. The standard InChI is InChI=1S/C10H9BrF3NO/c11-8-5-6(2-1-3-15)4-7(9(8)16)10(12,13)14/h1-2,4-5,16H,3,15H2/b2-1+. The largest absolute Gasteiger partial charge is 0.506 e. The maximum absolute atomic E-state index is 12.5. The first-order chi connectivity index (χ1) is 7.36. The first kappa shape index (κ1) is 13.1. The topological polar surface area (TPSA) is 46.2 Å². The lowest BCUT2D eigenvalue weighted by molar-refractivity contribution is -0.138. The number of hydrogen-bond donors (Lipinski definition) is 2. The summed E-state index contributed by atoms with van der Waals surface area (Å²) in [5.41, 5.74) is 4.45. The second kappa shape index (κ2) is 4.88. The number of halogens is 4. The Kier molecular flexibility index (Phi) is 3.98. The molecule has 0 aromatic heterocycles. The third kappa shape index (κ3) is 2.99. The average Bonchev–Trinajstić information content (AvgIpc) is 2.17. The molecule has 0 atom stereocenters. The number of hydrogen-bond acceptors (Lipinski definition) is 2. The molecule has 0 aliphatic heterocycles. The maximum atomic E-state index is 12.5. The highest BCUT2D eigenvalue weighted by Gasteiger charge is 2.34. The van der Waals surface area contributed by atoms with Gasteiger partial charge < -0.3 is 10.8 Å². The van der Waals surface area contributed by atoms with E-state index in [2.05, 4.69) is 15.9 Å². The van der Waals surface area contributed by atoms with Gasteiger partial charge in [0.15, 0.2) is 0 Å². The third-order valence-electron chi connectivity index (χ3n) is 1.84. The molecule has 0 bridgehead atoms. The molecule has 0 radical (unpaired) electrons. The Balaban J connectivity index is 3.28. The molecule has 88 valence electrons. The van der Waals surface area contributed by atoms with Crippen molar-refractivity contribution in [2.75, 3.05) is 6.54 Å². The zero-order chi connectivity index (χ0) is 12.3. The van der Waals surface area contributed by atoms with E-state index in [0.29, 0.717) is 5.56 Å². The van der Waals surface area contributed by atoms with Crippen LogP contribution in [0, 0.1) is 0 Å². The summed E-state index contributed by atoms with van der Waals surface area (Å²) in [5, 5.41) is 9.27. The van der Waals surface area contributed by atoms with Gasteiger partial charge in [0, 0.05) is 6.54 Å². The van der Waals surface area contributed by atoms with E-state index in [-0.39, 0.29) is 11.0 Å². The summed E-state index contributed by atoms with van der Waals surface area (Å²) in [6, 6.07) is 2.25. The molecule has 3 N–H and O–H groups in total. The van der Waals surface area contributed by atoms with Crippen LogP contribution in [0.4, 0.5) is 13.2 Å². The van der Waals surface area contributed by atoms with Crippen molar-refractivity contribution >= 4 is 22.0 Å². The lowest BCUT2D eigenvalue weighted by atomic mass is 10.1. The fourth-order valence-corrected chi connectivity index (χ4v) is 1.61. The van der Waals surface area contributed by atoms with Crippen LogP contribution in [-0.4, -0.2) is 11.7 Å². The van der Waals surface area contributed by atoms with Gasteiger partial charge in [-0.05, 0) is 33.6 Å². The van der Waals surface area contributed by atoms with Crippen LogP contribution in [0.3, 0.4) is 0 Å². The minimum Gasteiger partial charge on any atom is -0.506 e. The van der Waals surface area contributed by atoms with Crippen LogP contribution in [0.2, 0.25) is 0 Å². The zero-order valence-corrected chi connectivity index (χ0v) is 9.64. The van der Waals surface area contributed by atoms with Gasteiger partial charge in [0.25, 0.3) is 0 Å². The molecule has 1 rings (SSSR count). The summed E-state index contributed by atoms with van der Waals surface area (Å²) >= 11 is 2.87. The Morgan fingerprint density at radius 1 is 1.38 bits per heavy atom. The summed E-state index contributed by atoms with van der Waals surface area (Å²) in [5.74, 6) is -0.808. The number of nitrogens with two attached hydrogens (primary N) is 1. The number of alkyl halides is 3. The van der Waals surface area contributed by atoms with E-state index in [0.717, 1.165) is 6.07 Å². The molecule has 6 heteroatoms. The predicted molar refractivity (Wildman–Crippen MR) is 58.9 cm³/mol. The van der Waals surface area contributed by atoms with Gasteiger partial charge in [0.1, 0.15) is 5.75 Å². The summed E-state index contributed by atoms with van der Waals surface area (Å²) in [6.07, 6.45) is -1.60. The molecule has 0 heterocycles. The van der Waals surface area contributed by atoms with Crippen molar-refractivity contribution in [1.29, 1.82) is 0 Å². The van der Waals surface area contributed by atoms with E-state index in [1.54, 1.807) is 0 Å². The number of phenols is 1. The van der Waals surface area contributed by atoms with Crippen LogP contribution < -0.4 is 5.73 Å². The van der Waals surface area contributed by atoms with Gasteiger partial charge in [0.2, 0.25) is 0 Å². The Bertz CT molecular complexity index is 415. The van der Waals surface area contributed by atoms with Crippen molar-refractivity contribution in [3.63, 3.8) is 0 Å². The predicted octanol–water partition coefficient (Wildman–Crippen LogP) is 3.15. The van der Waals surface area contributed by atoms with Crippen molar-refractivity contribution in [3.05, 3.63) is 33.8 Å². The quantitative estimate of drug-likeness (QED) is 0.880. The van der Waals surface area contributed by atoms with Gasteiger partial charge in [0.05, 0.1) is 10.0 Å². The number of rotatable bonds is 2. The lowest BCUT2D eigenvalue weighted by Gasteiger charge is -2.11. The molecular weight excluding hydrogens is 287 g/mol. The molecular formula is C10H9BrF3NO. The van der Waals surface area contributed by atoms with Crippen molar-refractivity contribution in [1.82, 2.24) is 0 Å². The van der Waals surface area contributed by atoms with Gasteiger partial charge in [-0.15, -0.1) is 0 Å². The van der Waals surface area contributed by atoms with Gasteiger partial charge >= 0.3 is 6.18 Å². The number of aromatic hydroxyl groups is 1. The zero-order valence-electron chi connectivity index (χ0n) is 8.05. The van der Waals surface area contributed by atoms with Crippen LogP contribution in [-0.2, 0) is 6.18 Å². The van der Waals surface area contributed by atoms with Crippen molar-refractivity contribution in [2.24, 2.45) is 5.73 Å². The number of benzene rings is 1. The Hall–Kier alpha value is -1.01. The van der Waals surface area contributed by atoms with Crippen molar-refractivity contribution in [2.45, 2.75) is 6.18 Å². The normalized spacial score (nSPS) is 12.3. The molecule has 0 saturated carbocycles. The highest BCUT2D eigenvalue weighted by atomic mass is 79.9. The van der Waals surface area contributed by atoms with Crippen LogP contribution >= 0.6 is 15.9 Å². The molecule has 0 aliphatic carbocycles. The molecule has 0 amide bonds. The van der Waals surface area contributed by atoms with E-state index < -0.39 is 17.5 Å². The van der Waals surface area contributed by atoms with Crippen molar-refractivity contribution < 1.29 is 18.3 Å². The molecule has 16 heavy (non-hydrogen) atoms. The lowest BCUT2D eigenvalue weighted by Crippen LogP contribution is -2.06. The number of phenolic OH excluding ortho intramolecular Hbond substituents is 1. The van der Waals surface area contributed by atoms with Gasteiger partial charge in [-0.3, -0.25) is 0 Å². The minimum absolute atomic E-state index is 0.000929. The molecule has 0 spiro atoms. The Labute approximate surface area is 98.7 Å². The van der Waals surface area contributed by atoms with Crippen LogP contribution in [0.25, 0.3) is 6.08 Å². The summed E-state index contributed by atoms with van der Waals surface area (Å²) in [7, 11) is 0. The van der Waals surface area contributed by atoms with Gasteiger partial charge in [-0.2, -0.15) is 13.2 Å². The van der Waals surface area contributed by atoms with Crippen LogP contribution in [0.15, 0.2) is 22.7 Å². The highest BCUT2D eigenvalue weighted by Crippen LogP contribution is 2.40. The summed E-state index contributed by atoms with van der Waals surface area (Å²) in [6.45, 7) is 0.236. The Morgan fingerprint density at radius 2 is 2.00 bits per heavy atom. The fourth-order valence-electron chi connectivity index (χ4n) is 1.14. The van der Waals surface area contributed by atoms with E-state index >= 15 is 0 Å². The van der Waals surface area contributed by atoms with E-state index in [4.69, 9.17) is 5.73 Å². The molecule has 1 aromatic carbocycles. The highest BCUT2D eigenvalue weighted by molar-refractivity contribution is 9.10. The third-order valence-corrected chi connectivity index (χ3v) is 2.44. The van der Waals surface area contributed by atoms with E-state index in [9.17, 15) is 18.3 Å². The molecule has 2 nitrogen and oxygen atoms in total. The van der Waals surface area contributed by atoms with Crippen LogP contribution in [0.1, 0.15) is 11.1 Å². The molecule has 0 saturated heterocycles. The first-order valence-electron chi connectivity index (χ1n) is 4.32. The van der Waals surface area contributed by atoms with Gasteiger partial charge in [-0.1, -0.05) is 12.2 Å². The van der Waals surface area contributed by atoms with Gasteiger partial charge in [-0.25, -0.2) is 0 Å². The van der Waals surface area contributed by atoms with E-state index in [1.807, 2.05) is 0 Å². The first-order valence-corrected chi connectivity index (χ1v) is 5.12. The Morgan fingerprint density at radius 3 is 2.50 bits per heavy atom. The monoisotopic (exact) mass is 295 g/mol. The summed E-state index contributed by atoms with van der Waals surface area (Å²) < 4.78 is 37.5. The average molecular weight is 296 g/mol. The molecule has 0 fully saturated rings. The second-order valence-electron chi connectivity index (χ2n) is 3.03. The molecule has 1 aromatic rings. The summed E-state index contributed by atoms with van der Waals surface area (Å²) in [4.78, 5) is 0. The second-order valence-corrected chi connectivity index (χ2v) is 3.89. The smallest absolute Gasteiger partial charge is 0.420 e.